The largest absolute Gasteiger partial charge is 0.491 e. The van der Waals surface area contributed by atoms with Crippen molar-refractivity contribution in [2.24, 2.45) is 0 Å². The molecule has 0 radical (unpaired) electrons. The fourth-order valence-electron chi connectivity index (χ4n) is 2.62. The summed E-state index contributed by atoms with van der Waals surface area (Å²) >= 11 is 0. The van der Waals surface area contributed by atoms with Gasteiger partial charge in [-0.1, -0.05) is 30.7 Å². The van der Waals surface area contributed by atoms with E-state index in [1.54, 1.807) is 31.4 Å². The minimum atomic E-state index is -0.395. The predicted octanol–water partition coefficient (Wildman–Crippen LogP) is 3.92. The first kappa shape index (κ1) is 20.2. The molecule has 0 unspecified atom stereocenters. The third-order valence-electron chi connectivity index (χ3n) is 4.14. The Hall–Kier alpha value is -3.11. The van der Waals surface area contributed by atoms with Gasteiger partial charge in [-0.25, -0.2) is 6.08 Å². The molecular formula is C21H24N2O4. The molecule has 142 valence electrons. The van der Waals surface area contributed by atoms with Crippen LogP contribution in [0.1, 0.15) is 19.8 Å². The van der Waals surface area contributed by atoms with Crippen molar-refractivity contribution < 1.29 is 14.1 Å². The Morgan fingerprint density at radius 1 is 1.33 bits per heavy atom. The number of ketones is 1. The number of carbonyl (C=O) groups excluding carboxylic acids is 1. The first-order chi connectivity index (χ1) is 13.1. The fourth-order valence-corrected chi connectivity index (χ4v) is 2.62. The van der Waals surface area contributed by atoms with Crippen molar-refractivity contribution in [3.05, 3.63) is 76.3 Å². The quantitative estimate of drug-likeness (QED) is 0.206. The van der Waals surface area contributed by atoms with E-state index in [4.69, 9.17) is 15.7 Å². The van der Waals surface area contributed by atoms with Crippen LogP contribution < -0.4 is 4.90 Å². The van der Waals surface area contributed by atoms with Gasteiger partial charge in [0.2, 0.25) is 0 Å². The van der Waals surface area contributed by atoms with E-state index >= 15 is 0 Å². The third kappa shape index (κ3) is 5.69. The fraction of sp³-hybridized carbons (Fsp3) is 0.333. The lowest BCUT2D eigenvalue weighted by Crippen LogP contribution is -2.28. The summed E-state index contributed by atoms with van der Waals surface area (Å²) < 4.78 is 11.0. The van der Waals surface area contributed by atoms with E-state index in [0.717, 1.165) is 30.6 Å². The number of non-ortho nitro benzene ring substituents is 1. The van der Waals surface area contributed by atoms with Gasteiger partial charge in [-0.3, -0.25) is 21.1 Å². The van der Waals surface area contributed by atoms with Crippen LogP contribution in [0.2, 0.25) is 0 Å². The van der Waals surface area contributed by atoms with Crippen LogP contribution in [0.3, 0.4) is 0 Å². The van der Waals surface area contributed by atoms with Gasteiger partial charge in [0, 0.05) is 24.4 Å². The molecule has 0 saturated carbocycles. The summed E-state index contributed by atoms with van der Waals surface area (Å²) in [6, 6.07) is 6.59. The van der Waals surface area contributed by atoms with Crippen LogP contribution in [-0.2, 0) is 9.16 Å². The molecule has 6 heteroatoms. The molecule has 27 heavy (non-hydrogen) atoms. The highest BCUT2D eigenvalue weighted by Gasteiger charge is 2.14. The Balaban J connectivity index is 2.10. The molecule has 1 aromatic carbocycles. The smallest absolute Gasteiger partial charge is 0.282 e. The number of benzene rings is 1. The summed E-state index contributed by atoms with van der Waals surface area (Å²) in [5.74, 6) is 1.23. The summed E-state index contributed by atoms with van der Waals surface area (Å²) in [5.41, 5.74) is 4.74. The van der Waals surface area contributed by atoms with Gasteiger partial charge in [-0.05, 0) is 18.6 Å². The summed E-state index contributed by atoms with van der Waals surface area (Å²) in [7, 11) is 1.57. The first-order valence-electron chi connectivity index (χ1n) is 8.86. The van der Waals surface area contributed by atoms with Crippen LogP contribution in [0.4, 0.5) is 11.4 Å². The lowest BCUT2D eigenvalue weighted by molar-refractivity contribution is -0.452. The molecule has 0 amide bonds. The summed E-state index contributed by atoms with van der Waals surface area (Å²) in [4.78, 5) is 12.6. The lowest BCUT2D eigenvalue weighted by atomic mass is 10.1. The maximum Gasteiger partial charge on any atom is 0.282 e. The first-order valence-corrected chi connectivity index (χ1v) is 8.86. The van der Waals surface area contributed by atoms with Crippen molar-refractivity contribution in [1.82, 2.24) is 0 Å². The van der Waals surface area contributed by atoms with Gasteiger partial charge in [0.05, 0.1) is 18.1 Å². The zero-order valence-electron chi connectivity index (χ0n) is 15.7. The van der Waals surface area contributed by atoms with E-state index in [1.165, 1.54) is 18.2 Å². The molecular weight excluding hydrogens is 344 g/mol. The number of rotatable bonds is 10. The second-order valence-corrected chi connectivity index (χ2v) is 5.95. The molecule has 1 aromatic rings. The van der Waals surface area contributed by atoms with Crippen LogP contribution in [0.15, 0.2) is 59.6 Å². The molecule has 0 atom stereocenters. The molecule has 1 aliphatic carbocycles. The van der Waals surface area contributed by atoms with Gasteiger partial charge < -0.3 is 9.64 Å². The maximum absolute atomic E-state index is 10.8. The number of hydrogen-bond acceptors (Lipinski definition) is 4. The van der Waals surface area contributed by atoms with E-state index in [-0.39, 0.29) is 5.69 Å². The molecule has 0 aromatic heterocycles. The number of allylic oxidation sites excluding steroid dienone is 3. The van der Waals surface area contributed by atoms with Crippen molar-refractivity contribution in [3.63, 3.8) is 0 Å². The molecule has 0 bridgehead atoms. The van der Waals surface area contributed by atoms with Crippen LogP contribution in [-0.4, -0.2) is 37.5 Å². The highest BCUT2D eigenvalue weighted by atomic mass is 16.6. The Kier molecular flexibility index (Phi) is 7.59. The molecule has 0 N–H and O–H groups in total. The number of hydrogen-bond donors (Lipinski definition) is 0. The number of nitro benzene ring substituents is 1. The minimum Gasteiger partial charge on any atom is -0.491 e. The van der Waals surface area contributed by atoms with Gasteiger partial charge >= 0.3 is 0 Å². The van der Waals surface area contributed by atoms with Gasteiger partial charge in [0.25, 0.3) is 18.1 Å². The third-order valence-corrected chi connectivity index (χ3v) is 4.14. The number of methoxy groups -OCH3 is 1. The Morgan fingerprint density at radius 3 is 2.67 bits per heavy atom. The minimum absolute atomic E-state index is 0.0855. The van der Waals surface area contributed by atoms with Gasteiger partial charge in [-0.2, -0.15) is 0 Å². The lowest BCUT2D eigenvalue weighted by Gasteiger charge is -2.22. The molecule has 0 saturated heterocycles. The molecule has 6 nitrogen and oxygen atoms in total. The summed E-state index contributed by atoms with van der Waals surface area (Å²) in [6.45, 7) is 9.73. The zero-order chi connectivity index (χ0) is 19.6. The van der Waals surface area contributed by atoms with Crippen LogP contribution in [0, 0.1) is 16.7 Å². The van der Waals surface area contributed by atoms with E-state index in [9.17, 15) is 10.1 Å². The SMILES string of the molecule is [CH-]=CC1=CC(OC)=C=CC1=[O+]CCN(CCCC)c1ccc([N+](=O)[O-])cc1. The van der Waals surface area contributed by atoms with Crippen molar-refractivity contribution in [1.29, 1.82) is 0 Å². The second kappa shape index (κ2) is 10.1. The van der Waals surface area contributed by atoms with Gasteiger partial charge in [0.15, 0.2) is 0 Å². The highest BCUT2D eigenvalue weighted by molar-refractivity contribution is 6.07. The topological polar surface area (TPSA) is 66.9 Å². The van der Waals surface area contributed by atoms with Crippen LogP contribution in [0.5, 0.6) is 0 Å². The average molecular weight is 368 g/mol. The van der Waals surface area contributed by atoms with Gasteiger partial charge in [0.1, 0.15) is 12.3 Å². The van der Waals surface area contributed by atoms with Crippen LogP contribution >= 0.6 is 0 Å². The van der Waals surface area contributed by atoms with Crippen molar-refractivity contribution in [3.8, 4) is 0 Å². The monoisotopic (exact) mass is 368 g/mol. The van der Waals surface area contributed by atoms with Crippen molar-refractivity contribution >= 4 is 17.2 Å². The molecule has 0 spiro atoms. The van der Waals surface area contributed by atoms with E-state index in [1.807, 2.05) is 0 Å². The highest BCUT2D eigenvalue weighted by Crippen LogP contribution is 2.20. The van der Waals surface area contributed by atoms with Gasteiger partial charge in [-0.15, -0.1) is 0 Å². The maximum atomic E-state index is 10.8. The number of nitro groups is 1. The Labute approximate surface area is 159 Å². The normalized spacial score (nSPS) is 14.5. The molecule has 2 rings (SSSR count). The van der Waals surface area contributed by atoms with E-state index in [2.05, 4.69) is 17.6 Å². The molecule has 1 aliphatic rings. The Morgan fingerprint density at radius 2 is 2.07 bits per heavy atom. The Bertz CT molecular complexity index is 800. The predicted molar refractivity (Wildman–Crippen MR) is 106 cm³/mol. The molecule has 0 aliphatic heterocycles. The molecule has 0 heterocycles. The summed E-state index contributed by atoms with van der Waals surface area (Å²) in [6.07, 6.45) is 7.02. The number of anilines is 1. The number of unbranched alkanes of at least 4 members (excludes halogenated alkanes) is 1. The average Bonchev–Trinajstić information content (AvgIpc) is 2.70. The molecule has 0 fully saturated rings. The standard InChI is InChI=1S/C21H24N2O4/c1-4-6-13-22(18-7-9-19(10-8-18)23(24)25)14-15-27-21-12-11-20(26-3)16-17(21)5-2/h2,5,7-10,12,16H,4,6,13-15H2,1,3H3. The zero-order valence-corrected chi connectivity index (χ0v) is 15.7. The second-order valence-electron chi connectivity index (χ2n) is 5.95. The number of nitrogens with zero attached hydrogens (tertiary/aromatic N) is 2. The van der Waals surface area contributed by atoms with Crippen LogP contribution in [0.25, 0.3) is 0 Å². The van der Waals surface area contributed by atoms with E-state index < -0.39 is 4.92 Å². The van der Waals surface area contributed by atoms with Crippen molar-refractivity contribution in [2.45, 2.75) is 19.8 Å². The number of ether oxygens (including phenoxy) is 1. The van der Waals surface area contributed by atoms with Crippen molar-refractivity contribution in [2.75, 3.05) is 31.7 Å². The summed E-state index contributed by atoms with van der Waals surface area (Å²) in [5, 5.41) is 10.8. The van der Waals surface area contributed by atoms with E-state index in [0.29, 0.717) is 24.7 Å².